The SMILES string of the molecule is COCO[C@H]1C2(O)[OH+]CC(C)(O)C2=CC2=C(C)[C@H]3C[C@H]3[C@@]21C. The van der Waals surface area contributed by atoms with Crippen molar-refractivity contribution in [3.63, 3.8) is 0 Å². The maximum Gasteiger partial charge on any atom is 0.327 e. The normalized spacial score (nSPS) is 52.3. The smallest absolute Gasteiger partial charge is 0.327 e. The van der Waals surface area contributed by atoms with Gasteiger partial charge in [-0.3, -0.25) is 0 Å². The van der Waals surface area contributed by atoms with Crippen LogP contribution in [0.2, 0.25) is 0 Å². The highest BCUT2D eigenvalue weighted by molar-refractivity contribution is 5.53. The molecule has 122 valence electrons. The Hall–Kier alpha value is -0.720. The topological polar surface area (TPSA) is 71.7 Å². The maximum atomic E-state index is 11.3. The van der Waals surface area contributed by atoms with Gasteiger partial charge in [-0.2, -0.15) is 0 Å². The van der Waals surface area contributed by atoms with Crippen molar-refractivity contribution >= 4 is 0 Å². The molecule has 1 saturated carbocycles. The van der Waals surface area contributed by atoms with E-state index >= 15 is 0 Å². The van der Waals surface area contributed by atoms with Crippen molar-refractivity contribution in [3.8, 4) is 0 Å². The van der Waals surface area contributed by atoms with E-state index in [0.717, 1.165) is 6.42 Å². The van der Waals surface area contributed by atoms with E-state index in [1.54, 1.807) is 14.0 Å². The van der Waals surface area contributed by atoms with E-state index in [0.29, 0.717) is 17.4 Å². The van der Waals surface area contributed by atoms with E-state index in [-0.39, 0.29) is 18.8 Å². The first-order chi connectivity index (χ1) is 10.3. The lowest BCUT2D eigenvalue weighted by atomic mass is 9.64. The minimum absolute atomic E-state index is 0.108. The van der Waals surface area contributed by atoms with Gasteiger partial charge in [0.2, 0.25) is 0 Å². The molecule has 5 nitrogen and oxygen atoms in total. The molecule has 0 aromatic rings. The molecule has 3 N–H and O–H groups in total. The first-order valence-electron chi connectivity index (χ1n) is 7.94. The second-order valence-corrected chi connectivity index (χ2v) is 7.66. The number of fused-ring (bicyclic) bond motifs is 4. The van der Waals surface area contributed by atoms with Gasteiger partial charge in [-0.1, -0.05) is 12.5 Å². The summed E-state index contributed by atoms with van der Waals surface area (Å²) in [5.74, 6) is -0.386. The minimum Gasteiger partial charge on any atom is -0.399 e. The summed E-state index contributed by atoms with van der Waals surface area (Å²) < 4.78 is 15.4. The second-order valence-electron chi connectivity index (χ2n) is 7.66. The van der Waals surface area contributed by atoms with Crippen molar-refractivity contribution < 1.29 is 24.4 Å². The Kier molecular flexibility index (Phi) is 2.85. The molecule has 1 aliphatic heterocycles. The van der Waals surface area contributed by atoms with Crippen LogP contribution in [-0.2, 0) is 9.47 Å². The number of ether oxygens (including phenoxy) is 3. The van der Waals surface area contributed by atoms with Gasteiger partial charge in [0, 0.05) is 12.5 Å². The summed E-state index contributed by atoms with van der Waals surface area (Å²) in [6, 6.07) is 0. The lowest BCUT2D eigenvalue weighted by molar-refractivity contribution is -0.331. The third-order valence-corrected chi connectivity index (χ3v) is 6.28. The van der Waals surface area contributed by atoms with E-state index in [1.165, 1.54) is 11.1 Å². The highest BCUT2D eigenvalue weighted by atomic mass is 16.7. The quantitative estimate of drug-likeness (QED) is 0.599. The van der Waals surface area contributed by atoms with E-state index in [2.05, 4.69) is 18.6 Å². The van der Waals surface area contributed by atoms with E-state index in [9.17, 15) is 10.2 Å². The van der Waals surface area contributed by atoms with Crippen molar-refractivity contribution in [2.75, 3.05) is 20.5 Å². The lowest BCUT2D eigenvalue weighted by Gasteiger charge is -2.45. The second kappa shape index (κ2) is 4.22. The molecule has 4 rings (SSSR count). The number of allylic oxidation sites excluding steroid dienone is 2. The first kappa shape index (κ1) is 14.8. The summed E-state index contributed by atoms with van der Waals surface area (Å²) in [5.41, 5.74) is 1.76. The summed E-state index contributed by atoms with van der Waals surface area (Å²) in [7, 11) is 1.57. The molecule has 3 aliphatic carbocycles. The zero-order chi connectivity index (χ0) is 15.9. The molecule has 0 bridgehead atoms. The zero-order valence-electron chi connectivity index (χ0n) is 13.6. The fourth-order valence-electron chi connectivity index (χ4n) is 5.08. The van der Waals surface area contributed by atoms with Crippen molar-refractivity contribution in [2.45, 2.75) is 44.7 Å². The largest absolute Gasteiger partial charge is 0.399 e. The number of methoxy groups -OCH3 is 1. The van der Waals surface area contributed by atoms with Gasteiger partial charge in [-0.05, 0) is 43.8 Å². The minimum atomic E-state index is -1.46. The van der Waals surface area contributed by atoms with Gasteiger partial charge in [0.25, 0.3) is 0 Å². The molecule has 2 unspecified atom stereocenters. The average molecular weight is 309 g/mol. The van der Waals surface area contributed by atoms with Crippen LogP contribution in [0.5, 0.6) is 0 Å². The van der Waals surface area contributed by atoms with Crippen LogP contribution < -0.4 is 0 Å². The maximum absolute atomic E-state index is 11.3. The molecule has 1 saturated heterocycles. The third-order valence-electron chi connectivity index (χ3n) is 6.28. The summed E-state index contributed by atoms with van der Waals surface area (Å²) in [6.45, 7) is 6.34. The molecular weight excluding hydrogens is 284 g/mol. The highest BCUT2D eigenvalue weighted by Gasteiger charge is 2.74. The Morgan fingerprint density at radius 2 is 2.09 bits per heavy atom. The number of aliphatic hydroxyl groups is 4. The van der Waals surface area contributed by atoms with Crippen LogP contribution in [0.3, 0.4) is 0 Å². The van der Waals surface area contributed by atoms with Crippen LogP contribution >= 0.6 is 0 Å². The van der Waals surface area contributed by atoms with Crippen LogP contribution in [0.4, 0.5) is 0 Å². The summed E-state index contributed by atoms with van der Waals surface area (Å²) in [6.07, 6.45) is 2.62. The monoisotopic (exact) mass is 309 g/mol. The Morgan fingerprint density at radius 3 is 2.77 bits per heavy atom. The molecule has 4 aliphatic rings. The Morgan fingerprint density at radius 1 is 1.36 bits per heavy atom. The van der Waals surface area contributed by atoms with Gasteiger partial charge < -0.3 is 24.4 Å². The van der Waals surface area contributed by atoms with E-state index < -0.39 is 17.5 Å². The molecule has 0 aromatic heterocycles. The standard InChI is InChI=1S/C17H24O5/c1-9-10-5-12(10)16(3)11(9)6-13-15(2,18)7-22-17(13,19)14(16)21-8-20-4/h6,10,12,14,18-19H,5,7-8H2,1-4H3/p+1/t10-,12-,14-,15?,16-,17?/m1/s1. The van der Waals surface area contributed by atoms with Gasteiger partial charge in [-0.25, -0.2) is 0 Å². The highest BCUT2D eigenvalue weighted by Crippen LogP contribution is 2.70. The Bertz CT molecular complexity index is 592. The van der Waals surface area contributed by atoms with E-state index in [4.69, 9.17) is 9.47 Å². The van der Waals surface area contributed by atoms with Crippen molar-refractivity contribution in [1.82, 2.24) is 0 Å². The molecular formula is C17H25O5+. The molecule has 0 radical (unpaired) electrons. The van der Waals surface area contributed by atoms with E-state index in [1.807, 2.05) is 6.08 Å². The van der Waals surface area contributed by atoms with Crippen LogP contribution in [-0.4, -0.2) is 53.0 Å². The molecule has 22 heavy (non-hydrogen) atoms. The number of hydrogen-bond donors (Lipinski definition) is 2. The molecule has 0 spiro atoms. The van der Waals surface area contributed by atoms with Gasteiger partial charge >= 0.3 is 5.79 Å². The zero-order valence-corrected chi connectivity index (χ0v) is 13.6. The van der Waals surface area contributed by atoms with Gasteiger partial charge in [0.1, 0.15) is 6.79 Å². The van der Waals surface area contributed by atoms with Gasteiger partial charge in [0.15, 0.2) is 18.3 Å². The van der Waals surface area contributed by atoms with Crippen LogP contribution in [0.1, 0.15) is 27.2 Å². The number of rotatable bonds is 3. The summed E-state index contributed by atoms with van der Waals surface area (Å²) in [4.78, 5) is 0. The Labute approximate surface area is 130 Å². The van der Waals surface area contributed by atoms with Crippen LogP contribution in [0.25, 0.3) is 0 Å². The van der Waals surface area contributed by atoms with Gasteiger partial charge in [0.05, 0.1) is 5.57 Å². The van der Waals surface area contributed by atoms with Crippen LogP contribution in [0.15, 0.2) is 22.8 Å². The first-order valence-corrected chi connectivity index (χ1v) is 7.94. The van der Waals surface area contributed by atoms with Crippen molar-refractivity contribution in [3.05, 3.63) is 22.8 Å². The fraction of sp³-hybridized carbons (Fsp3) is 0.765. The fourth-order valence-corrected chi connectivity index (χ4v) is 5.08. The Balaban J connectivity index is 1.88. The van der Waals surface area contributed by atoms with Crippen LogP contribution in [0, 0.1) is 17.3 Å². The molecule has 0 amide bonds. The third kappa shape index (κ3) is 1.56. The average Bonchev–Trinajstić information content (AvgIpc) is 3.17. The number of hydrogen-bond acceptors (Lipinski definition) is 4. The van der Waals surface area contributed by atoms with Crippen molar-refractivity contribution in [2.24, 2.45) is 17.3 Å². The predicted octanol–water partition coefficient (Wildman–Crippen LogP) is 0.869. The molecule has 1 heterocycles. The summed E-state index contributed by atoms with van der Waals surface area (Å²) >= 11 is 0. The molecule has 5 heteroatoms. The molecule has 6 atom stereocenters. The van der Waals surface area contributed by atoms with Crippen molar-refractivity contribution in [1.29, 1.82) is 0 Å². The lowest BCUT2D eigenvalue weighted by Crippen LogP contribution is -2.59. The summed E-state index contributed by atoms with van der Waals surface area (Å²) in [5, 5.41) is 21.9. The predicted molar refractivity (Wildman–Crippen MR) is 79.9 cm³/mol. The molecule has 0 aromatic carbocycles. The molecule has 2 fully saturated rings. The van der Waals surface area contributed by atoms with Gasteiger partial charge in [-0.15, -0.1) is 0 Å².